The number of nitrogens with zero attached hydrogens (tertiary/aromatic N) is 4. The lowest BCUT2D eigenvalue weighted by Gasteiger charge is -2.45. The number of carbonyl (C=O) groups excluding carboxylic acids is 2. The Morgan fingerprint density at radius 3 is 2.92 bits per heavy atom. The number of thiazole rings is 1. The van der Waals surface area contributed by atoms with Crippen LogP contribution >= 0.6 is 23.1 Å². The smallest absolute Gasteiger partial charge is 0.228 e. The van der Waals surface area contributed by atoms with Crippen LogP contribution < -0.4 is 10.6 Å². The molecule has 3 aliphatic rings. The van der Waals surface area contributed by atoms with Gasteiger partial charge in [-0.25, -0.2) is 15.0 Å². The summed E-state index contributed by atoms with van der Waals surface area (Å²) < 4.78 is 0. The monoisotopic (exact) mass is 566 g/mol. The lowest BCUT2D eigenvalue weighted by molar-refractivity contribution is -0.153. The lowest BCUT2D eigenvalue weighted by atomic mass is 9.85. The van der Waals surface area contributed by atoms with Gasteiger partial charge in [-0.15, -0.1) is 23.1 Å². The molecule has 206 valence electrons. The number of carbonyl (C=O) groups is 2. The van der Waals surface area contributed by atoms with E-state index in [0.29, 0.717) is 18.1 Å². The summed E-state index contributed by atoms with van der Waals surface area (Å²) in [4.78, 5) is 39.2. The summed E-state index contributed by atoms with van der Waals surface area (Å²) in [7, 11) is 0. The molecule has 3 aromatic rings. The molecule has 5 heterocycles. The van der Waals surface area contributed by atoms with Crippen LogP contribution in [0.2, 0.25) is 0 Å². The Balaban J connectivity index is 0.000000332. The summed E-state index contributed by atoms with van der Waals surface area (Å²) >= 11 is 3.18. The zero-order valence-corrected chi connectivity index (χ0v) is 23.7. The summed E-state index contributed by atoms with van der Waals surface area (Å²) in [5, 5.41) is 17.0. The maximum atomic E-state index is 12.0. The van der Waals surface area contributed by atoms with Gasteiger partial charge in [-0.1, -0.05) is 12.5 Å². The van der Waals surface area contributed by atoms with Crippen molar-refractivity contribution in [2.45, 2.75) is 62.4 Å². The molecule has 11 heteroatoms. The number of anilines is 2. The predicted octanol–water partition coefficient (Wildman–Crippen LogP) is 4.63. The molecule has 3 fully saturated rings. The molecule has 2 aromatic heterocycles. The van der Waals surface area contributed by atoms with Gasteiger partial charge in [0.1, 0.15) is 15.6 Å². The summed E-state index contributed by atoms with van der Waals surface area (Å²) in [6.45, 7) is 3.91. The third-order valence-electron chi connectivity index (χ3n) is 7.13. The van der Waals surface area contributed by atoms with Gasteiger partial charge in [0.25, 0.3) is 0 Å². The fraction of sp³-hybridized carbons (Fsp3) is 0.464. The van der Waals surface area contributed by atoms with E-state index in [4.69, 9.17) is 10.1 Å². The molecule has 1 aromatic carbocycles. The van der Waals surface area contributed by atoms with E-state index < -0.39 is 0 Å². The van der Waals surface area contributed by atoms with Crippen molar-refractivity contribution in [2.24, 2.45) is 0 Å². The Morgan fingerprint density at radius 1 is 1.18 bits per heavy atom. The number of hydrogen-bond donors (Lipinski definition) is 3. The van der Waals surface area contributed by atoms with Crippen LogP contribution in [0.1, 0.15) is 55.5 Å². The molecule has 0 spiro atoms. The van der Waals surface area contributed by atoms with Gasteiger partial charge in [-0.05, 0) is 61.9 Å². The zero-order valence-electron chi connectivity index (χ0n) is 22.1. The number of thioether (sulfide) groups is 1. The van der Waals surface area contributed by atoms with Gasteiger partial charge in [-0.3, -0.25) is 9.59 Å². The first-order valence-electron chi connectivity index (χ1n) is 13.5. The number of rotatable bonds is 7. The molecule has 0 bridgehead atoms. The van der Waals surface area contributed by atoms with Crippen molar-refractivity contribution in [3.63, 3.8) is 0 Å². The molecule has 0 aliphatic carbocycles. The molecule has 9 nitrogen and oxygen atoms in total. The number of aromatic nitrogens is 3. The molecule has 0 saturated carbocycles. The quantitative estimate of drug-likeness (QED) is 0.215. The van der Waals surface area contributed by atoms with Gasteiger partial charge in [0.15, 0.2) is 0 Å². The maximum absolute atomic E-state index is 12.0. The summed E-state index contributed by atoms with van der Waals surface area (Å²) in [6.07, 6.45) is 10.5. The van der Waals surface area contributed by atoms with E-state index in [-0.39, 0.29) is 24.0 Å². The maximum Gasteiger partial charge on any atom is 0.228 e. The highest BCUT2D eigenvalue weighted by molar-refractivity contribution is 7.99. The molecule has 3 N–H and O–H groups in total. The summed E-state index contributed by atoms with van der Waals surface area (Å²) in [5.41, 5.74) is 2.96. The fourth-order valence-corrected chi connectivity index (χ4v) is 7.00. The second-order valence-electron chi connectivity index (χ2n) is 10.1. The lowest BCUT2D eigenvalue weighted by Crippen LogP contribution is -2.57. The number of β-lactam (4-membered cyclic amide) rings is 1. The Kier molecular flexibility index (Phi) is 8.79. The number of aliphatic hydroxyl groups excluding tert-OH is 1. The van der Waals surface area contributed by atoms with E-state index in [1.54, 1.807) is 17.5 Å². The minimum absolute atomic E-state index is 0.114. The Bertz CT molecular complexity index is 1320. The van der Waals surface area contributed by atoms with Crippen molar-refractivity contribution in [1.29, 1.82) is 0 Å². The predicted molar refractivity (Wildman–Crippen MR) is 154 cm³/mol. The SMILES string of the molecule is Cc1cc(Nc2nccc(SCCO)n2)cc(-c2cnc(C34CCCN3C(=O)C4)s2)c1.O=C1CCCCCN1. The van der Waals surface area contributed by atoms with Crippen molar-refractivity contribution < 1.29 is 14.7 Å². The van der Waals surface area contributed by atoms with Crippen LogP contribution in [0, 0.1) is 6.92 Å². The van der Waals surface area contributed by atoms with Gasteiger partial charge in [-0.2, -0.15) is 0 Å². The third-order valence-corrected chi connectivity index (χ3v) is 9.28. The molecule has 3 aliphatic heterocycles. The Hall–Kier alpha value is -3.02. The van der Waals surface area contributed by atoms with Crippen molar-refractivity contribution >= 4 is 46.5 Å². The van der Waals surface area contributed by atoms with Gasteiger partial charge in [0, 0.05) is 43.3 Å². The highest BCUT2D eigenvalue weighted by Crippen LogP contribution is 2.51. The van der Waals surface area contributed by atoms with Gasteiger partial charge >= 0.3 is 0 Å². The number of nitrogens with one attached hydrogen (secondary N) is 2. The number of fused-ring (bicyclic) bond motifs is 1. The topological polar surface area (TPSA) is 120 Å². The largest absolute Gasteiger partial charge is 0.396 e. The fourth-order valence-electron chi connectivity index (χ4n) is 5.26. The first-order chi connectivity index (χ1) is 19.0. The standard InChI is InChI=1S/C22H23N5O2S2.C6H11NO/c1-14-9-15(11-16(10-14)25-21-23-5-3-18(26-21)30-8-7-28)17-13-24-20(31-17)22-4-2-6-27(22)19(29)12-22;8-6-4-2-1-3-5-7-6/h3,5,9-11,13,28H,2,4,6-8,12H2,1H3,(H,23,25,26);1-5H2,(H,7,8). The average Bonchev–Trinajstić information content (AvgIpc) is 3.47. The van der Waals surface area contributed by atoms with Crippen LogP contribution in [0.15, 0.2) is 41.7 Å². The van der Waals surface area contributed by atoms with E-state index >= 15 is 0 Å². The number of hydrogen-bond acceptors (Lipinski definition) is 9. The second-order valence-corrected chi connectivity index (χ2v) is 12.2. The molecule has 0 radical (unpaired) electrons. The van der Waals surface area contributed by atoms with Crippen LogP contribution in [-0.4, -0.2) is 62.2 Å². The first-order valence-corrected chi connectivity index (χ1v) is 15.3. The van der Waals surface area contributed by atoms with Crippen molar-refractivity contribution in [3.8, 4) is 10.4 Å². The highest BCUT2D eigenvalue weighted by atomic mass is 32.2. The molecule has 3 saturated heterocycles. The minimum atomic E-state index is -0.161. The van der Waals surface area contributed by atoms with Crippen molar-refractivity contribution in [3.05, 3.63) is 47.2 Å². The van der Waals surface area contributed by atoms with Crippen LogP contribution in [0.4, 0.5) is 11.6 Å². The first kappa shape index (κ1) is 27.5. The second kappa shape index (κ2) is 12.4. The zero-order chi connectivity index (χ0) is 27.2. The van der Waals surface area contributed by atoms with E-state index in [1.807, 2.05) is 17.2 Å². The molecule has 1 atom stereocenters. The van der Waals surface area contributed by atoms with E-state index in [9.17, 15) is 9.59 Å². The van der Waals surface area contributed by atoms with Crippen molar-refractivity contribution in [2.75, 3.05) is 30.8 Å². The molecule has 2 amide bonds. The average molecular weight is 567 g/mol. The van der Waals surface area contributed by atoms with Crippen LogP contribution in [0.3, 0.4) is 0 Å². The molecule has 39 heavy (non-hydrogen) atoms. The van der Waals surface area contributed by atoms with E-state index in [2.05, 4.69) is 45.7 Å². The van der Waals surface area contributed by atoms with Crippen molar-refractivity contribution in [1.82, 2.24) is 25.2 Å². The highest BCUT2D eigenvalue weighted by Gasteiger charge is 2.56. The number of benzene rings is 1. The number of aliphatic hydroxyl groups is 1. The summed E-state index contributed by atoms with van der Waals surface area (Å²) in [6, 6.07) is 8.12. The van der Waals surface area contributed by atoms with Crippen LogP contribution in [0.25, 0.3) is 10.4 Å². The van der Waals surface area contributed by atoms with Gasteiger partial charge < -0.3 is 20.6 Å². The minimum Gasteiger partial charge on any atom is -0.396 e. The molecule has 6 rings (SSSR count). The van der Waals surface area contributed by atoms with Crippen LogP contribution in [-0.2, 0) is 15.1 Å². The normalized spacial score (nSPS) is 20.3. The molecular weight excluding hydrogens is 532 g/mol. The molecular formula is C28H34N6O3S2. The summed E-state index contributed by atoms with van der Waals surface area (Å²) in [5.74, 6) is 1.60. The van der Waals surface area contributed by atoms with Crippen LogP contribution in [0.5, 0.6) is 0 Å². The van der Waals surface area contributed by atoms with Gasteiger partial charge in [0.05, 0.1) is 17.9 Å². The number of aryl methyl sites for hydroxylation is 1. The van der Waals surface area contributed by atoms with Gasteiger partial charge in [0.2, 0.25) is 17.8 Å². The van der Waals surface area contributed by atoms with E-state index in [0.717, 1.165) is 76.9 Å². The van der Waals surface area contributed by atoms with E-state index in [1.165, 1.54) is 18.2 Å². The number of amides is 2. The molecule has 1 unspecified atom stereocenters. The Labute approximate surface area is 236 Å². The third kappa shape index (κ3) is 6.42. The Morgan fingerprint density at radius 2 is 2.08 bits per heavy atom.